The van der Waals surface area contributed by atoms with Crippen LogP contribution in [-0.4, -0.2) is 53.3 Å². The quantitative estimate of drug-likeness (QED) is 0.822. The molecule has 2 rings (SSSR count). The Bertz CT molecular complexity index is 503. The minimum Gasteiger partial charge on any atom is -0.352 e. The first kappa shape index (κ1) is 14.5. The van der Waals surface area contributed by atoms with Crippen LogP contribution < -0.4 is 4.90 Å². The topological polar surface area (TPSA) is 56.1 Å². The molecule has 2 heterocycles. The molecule has 1 aromatic heterocycles. The first-order valence-electron chi connectivity index (χ1n) is 6.20. The molecule has 20 heavy (non-hydrogen) atoms. The van der Waals surface area contributed by atoms with Crippen molar-refractivity contribution in [2.75, 3.05) is 31.1 Å². The molecular formula is C12H14F3N5. The lowest BCUT2D eigenvalue weighted by atomic mass is 10.2. The van der Waals surface area contributed by atoms with Crippen LogP contribution in [0.4, 0.5) is 19.0 Å². The fraction of sp³-hybridized carbons (Fsp3) is 0.583. The lowest BCUT2D eigenvalue weighted by Gasteiger charge is -2.39. The first-order chi connectivity index (χ1) is 9.43. The number of hydrogen-bond donors (Lipinski definition) is 0. The molecular weight excluding hydrogens is 271 g/mol. The molecule has 0 saturated carbocycles. The highest BCUT2D eigenvalue weighted by molar-refractivity contribution is 5.49. The second kappa shape index (κ2) is 5.63. The molecule has 1 saturated heterocycles. The molecule has 1 aliphatic rings. The summed E-state index contributed by atoms with van der Waals surface area (Å²) in [5, 5.41) is 8.96. The summed E-state index contributed by atoms with van der Waals surface area (Å²) in [4.78, 5) is 11.2. The van der Waals surface area contributed by atoms with E-state index in [2.05, 4.69) is 9.97 Å². The second-order valence-corrected chi connectivity index (χ2v) is 4.58. The van der Waals surface area contributed by atoms with E-state index < -0.39 is 12.2 Å². The predicted molar refractivity (Wildman–Crippen MR) is 66.1 cm³/mol. The highest BCUT2D eigenvalue weighted by Gasteiger charge is 2.41. The molecule has 0 aromatic carbocycles. The molecule has 0 unspecified atom stereocenters. The summed E-state index contributed by atoms with van der Waals surface area (Å²) in [5.74, 6) is 0.439. The van der Waals surface area contributed by atoms with Gasteiger partial charge >= 0.3 is 6.18 Å². The third-order valence-electron chi connectivity index (χ3n) is 3.42. The summed E-state index contributed by atoms with van der Waals surface area (Å²) >= 11 is 0. The van der Waals surface area contributed by atoms with Crippen LogP contribution in [0.25, 0.3) is 0 Å². The highest BCUT2D eigenvalue weighted by Crippen LogP contribution is 2.26. The predicted octanol–water partition coefficient (Wildman–Crippen LogP) is 1.42. The average Bonchev–Trinajstić information content (AvgIpc) is 2.45. The Morgan fingerprint density at radius 3 is 2.35 bits per heavy atom. The maximum atomic E-state index is 12.7. The molecule has 1 aromatic rings. The normalized spacial score (nSPS) is 18.6. The molecule has 0 radical (unpaired) electrons. The van der Waals surface area contributed by atoms with Gasteiger partial charge in [-0.1, -0.05) is 0 Å². The van der Waals surface area contributed by atoms with E-state index in [1.54, 1.807) is 4.90 Å². The van der Waals surface area contributed by atoms with Crippen LogP contribution in [0.5, 0.6) is 0 Å². The van der Waals surface area contributed by atoms with Crippen LogP contribution in [0.3, 0.4) is 0 Å². The Labute approximate surface area is 114 Å². The number of halogens is 3. The molecule has 0 bridgehead atoms. The van der Waals surface area contributed by atoms with Gasteiger partial charge in [-0.25, -0.2) is 9.97 Å². The largest absolute Gasteiger partial charge is 0.403 e. The van der Waals surface area contributed by atoms with Crippen LogP contribution in [0.2, 0.25) is 0 Å². The zero-order valence-corrected chi connectivity index (χ0v) is 10.9. The van der Waals surface area contributed by atoms with Crippen LogP contribution in [0.1, 0.15) is 12.6 Å². The number of aromatic nitrogens is 2. The highest BCUT2D eigenvalue weighted by atomic mass is 19.4. The Balaban J connectivity index is 2.03. The van der Waals surface area contributed by atoms with Crippen LogP contribution in [-0.2, 0) is 0 Å². The number of nitrogens with zero attached hydrogens (tertiary/aromatic N) is 5. The van der Waals surface area contributed by atoms with E-state index in [0.717, 1.165) is 0 Å². The Kier molecular flexibility index (Phi) is 4.09. The molecule has 0 amide bonds. The molecule has 0 N–H and O–H groups in total. The van der Waals surface area contributed by atoms with E-state index in [0.29, 0.717) is 18.9 Å². The molecule has 1 atom stereocenters. The van der Waals surface area contributed by atoms with E-state index in [1.165, 1.54) is 24.2 Å². The number of nitriles is 1. The van der Waals surface area contributed by atoms with Gasteiger partial charge in [-0.05, 0) is 6.92 Å². The minimum atomic E-state index is -4.22. The molecule has 0 spiro atoms. The van der Waals surface area contributed by atoms with E-state index in [4.69, 9.17) is 5.26 Å². The fourth-order valence-corrected chi connectivity index (χ4v) is 2.17. The summed E-state index contributed by atoms with van der Waals surface area (Å²) in [7, 11) is 0. The van der Waals surface area contributed by atoms with Crippen LogP contribution >= 0.6 is 0 Å². The van der Waals surface area contributed by atoms with Crippen molar-refractivity contribution in [2.45, 2.75) is 19.1 Å². The van der Waals surface area contributed by atoms with E-state index in [1.807, 2.05) is 6.07 Å². The van der Waals surface area contributed by atoms with Gasteiger partial charge < -0.3 is 4.90 Å². The van der Waals surface area contributed by atoms with Crippen molar-refractivity contribution >= 4 is 5.82 Å². The maximum Gasteiger partial charge on any atom is 0.403 e. The summed E-state index contributed by atoms with van der Waals surface area (Å²) in [6, 6.07) is 0.486. The Morgan fingerprint density at radius 2 is 1.80 bits per heavy atom. The van der Waals surface area contributed by atoms with E-state index >= 15 is 0 Å². The van der Waals surface area contributed by atoms with Crippen LogP contribution in [0.15, 0.2) is 12.4 Å². The van der Waals surface area contributed by atoms with Gasteiger partial charge in [0.2, 0.25) is 0 Å². The smallest absolute Gasteiger partial charge is 0.352 e. The lowest BCUT2D eigenvalue weighted by Crippen LogP contribution is -2.54. The van der Waals surface area contributed by atoms with E-state index in [9.17, 15) is 13.2 Å². The van der Waals surface area contributed by atoms with Gasteiger partial charge in [-0.3, -0.25) is 4.90 Å². The van der Waals surface area contributed by atoms with Crippen molar-refractivity contribution in [3.8, 4) is 6.07 Å². The zero-order valence-electron chi connectivity index (χ0n) is 10.9. The number of alkyl halides is 3. The molecule has 5 nitrogen and oxygen atoms in total. The summed E-state index contributed by atoms with van der Waals surface area (Å²) < 4.78 is 38.0. The van der Waals surface area contributed by atoms with Gasteiger partial charge in [-0.2, -0.15) is 18.4 Å². The summed E-state index contributed by atoms with van der Waals surface area (Å²) in [6.07, 6.45) is -1.32. The Morgan fingerprint density at radius 1 is 1.20 bits per heavy atom. The fourth-order valence-electron chi connectivity index (χ4n) is 2.17. The van der Waals surface area contributed by atoms with Crippen molar-refractivity contribution in [1.82, 2.24) is 14.9 Å². The van der Waals surface area contributed by atoms with Crippen molar-refractivity contribution < 1.29 is 13.2 Å². The SMILES string of the molecule is C[C@@H](N1CCN(c2nccnc2C#N)CC1)C(F)(F)F. The molecule has 108 valence electrons. The summed E-state index contributed by atoms with van der Waals surface area (Å²) in [6.45, 7) is 2.52. The summed E-state index contributed by atoms with van der Waals surface area (Å²) in [5.41, 5.74) is 0.199. The molecule has 1 aliphatic heterocycles. The van der Waals surface area contributed by atoms with Crippen molar-refractivity contribution in [3.63, 3.8) is 0 Å². The number of anilines is 1. The number of piperazine rings is 1. The maximum absolute atomic E-state index is 12.7. The van der Waals surface area contributed by atoms with Gasteiger partial charge in [0, 0.05) is 38.6 Å². The van der Waals surface area contributed by atoms with Gasteiger partial charge in [0.05, 0.1) is 0 Å². The number of rotatable bonds is 2. The van der Waals surface area contributed by atoms with Crippen molar-refractivity contribution in [2.24, 2.45) is 0 Å². The van der Waals surface area contributed by atoms with Crippen LogP contribution in [0, 0.1) is 11.3 Å². The molecule has 0 aliphatic carbocycles. The standard InChI is InChI=1S/C12H14F3N5/c1-9(12(13,14)15)19-4-6-20(7-5-19)11-10(8-16)17-2-3-18-11/h2-3,9H,4-7H2,1H3/t9-/m1/s1. The van der Waals surface area contributed by atoms with Crippen molar-refractivity contribution in [3.05, 3.63) is 18.1 Å². The average molecular weight is 285 g/mol. The first-order valence-corrected chi connectivity index (χ1v) is 6.20. The van der Waals surface area contributed by atoms with E-state index in [-0.39, 0.29) is 18.8 Å². The monoisotopic (exact) mass is 285 g/mol. The number of hydrogen-bond acceptors (Lipinski definition) is 5. The van der Waals surface area contributed by atoms with Gasteiger partial charge in [0.15, 0.2) is 11.5 Å². The minimum absolute atomic E-state index is 0.199. The van der Waals surface area contributed by atoms with Gasteiger partial charge in [-0.15, -0.1) is 0 Å². The van der Waals surface area contributed by atoms with Gasteiger partial charge in [0.25, 0.3) is 0 Å². The van der Waals surface area contributed by atoms with Crippen molar-refractivity contribution in [1.29, 1.82) is 5.26 Å². The third-order valence-corrected chi connectivity index (χ3v) is 3.42. The Hall–Kier alpha value is -1.88. The molecule has 8 heteroatoms. The second-order valence-electron chi connectivity index (χ2n) is 4.58. The van der Waals surface area contributed by atoms with Gasteiger partial charge in [0.1, 0.15) is 12.1 Å². The molecule has 1 fully saturated rings. The zero-order chi connectivity index (χ0) is 14.8. The third kappa shape index (κ3) is 2.99. The lowest BCUT2D eigenvalue weighted by molar-refractivity contribution is -0.179.